The van der Waals surface area contributed by atoms with E-state index in [1.165, 1.54) is 167 Å². The van der Waals surface area contributed by atoms with E-state index in [0.29, 0.717) is 19.3 Å². The van der Waals surface area contributed by atoms with Crippen molar-refractivity contribution < 1.29 is 28.6 Å². The molecule has 69 heavy (non-hydrogen) atoms. The topological polar surface area (TPSA) is 78.9 Å². The van der Waals surface area contributed by atoms with Gasteiger partial charge in [0.05, 0.1) is 0 Å². The molecule has 0 radical (unpaired) electrons. The lowest BCUT2D eigenvalue weighted by molar-refractivity contribution is -0.167. The Morgan fingerprint density at radius 3 is 0.899 bits per heavy atom. The standard InChI is InChI=1S/C63H112O6/c1-4-7-10-13-16-19-22-25-28-30-31-33-35-38-41-44-47-50-53-56-62(65)68-59-60(58-67-61(64)55-52-49-46-43-40-37-34-27-24-21-18-15-12-9-6-3)69-63(66)57-54-51-48-45-42-39-36-32-29-26-23-20-17-14-11-8-5-2/h9,12,18,21,26-27,29-31,34,60H,4-8,10-11,13-17,19-20,22-25,28,32-33,35-59H2,1-3H3/b12-9-,21-18-,29-26-,31-30-,34-27-/t60-/m1/s1. The smallest absolute Gasteiger partial charge is 0.306 e. The van der Waals surface area contributed by atoms with Crippen LogP contribution in [0.4, 0.5) is 0 Å². The van der Waals surface area contributed by atoms with Crippen molar-refractivity contribution in [1.82, 2.24) is 0 Å². The van der Waals surface area contributed by atoms with Crippen LogP contribution in [0.1, 0.15) is 303 Å². The van der Waals surface area contributed by atoms with Gasteiger partial charge in [-0.3, -0.25) is 14.4 Å². The van der Waals surface area contributed by atoms with E-state index in [9.17, 15) is 14.4 Å². The minimum Gasteiger partial charge on any atom is -0.462 e. The Morgan fingerprint density at radius 1 is 0.304 bits per heavy atom. The molecule has 6 nitrogen and oxygen atoms in total. The number of hydrogen-bond acceptors (Lipinski definition) is 6. The summed E-state index contributed by atoms with van der Waals surface area (Å²) in [5, 5.41) is 0. The highest BCUT2D eigenvalue weighted by atomic mass is 16.6. The number of carbonyl (C=O) groups excluding carboxylic acids is 3. The van der Waals surface area contributed by atoms with Crippen LogP contribution in [0.2, 0.25) is 0 Å². The molecule has 0 saturated heterocycles. The lowest BCUT2D eigenvalue weighted by Crippen LogP contribution is -2.30. The molecule has 0 amide bonds. The largest absolute Gasteiger partial charge is 0.462 e. The molecule has 0 aromatic heterocycles. The quantitative estimate of drug-likeness (QED) is 0.0262. The highest BCUT2D eigenvalue weighted by Gasteiger charge is 2.19. The third-order valence-electron chi connectivity index (χ3n) is 13.0. The Labute approximate surface area is 428 Å². The summed E-state index contributed by atoms with van der Waals surface area (Å²) in [6.45, 7) is 6.53. The maximum atomic E-state index is 12.9. The summed E-state index contributed by atoms with van der Waals surface area (Å²) in [6, 6.07) is 0. The van der Waals surface area contributed by atoms with Crippen molar-refractivity contribution >= 4 is 17.9 Å². The molecule has 0 aliphatic carbocycles. The summed E-state index contributed by atoms with van der Waals surface area (Å²) in [5.41, 5.74) is 0. The molecule has 0 saturated carbocycles. The number of allylic oxidation sites excluding steroid dienone is 10. The van der Waals surface area contributed by atoms with E-state index < -0.39 is 6.10 Å². The molecular weight excluding hydrogens is 853 g/mol. The fraction of sp³-hybridized carbons (Fsp3) is 0.794. The number of ether oxygens (including phenoxy) is 3. The average molecular weight is 966 g/mol. The molecule has 0 rings (SSSR count). The van der Waals surface area contributed by atoms with Gasteiger partial charge in [0.15, 0.2) is 6.10 Å². The second-order valence-corrected chi connectivity index (χ2v) is 19.9. The summed E-state index contributed by atoms with van der Waals surface area (Å²) in [6.07, 6.45) is 72.1. The van der Waals surface area contributed by atoms with Crippen LogP contribution in [-0.4, -0.2) is 37.2 Å². The van der Waals surface area contributed by atoms with Crippen LogP contribution in [-0.2, 0) is 28.6 Å². The van der Waals surface area contributed by atoms with E-state index in [1.54, 1.807) is 0 Å². The summed E-state index contributed by atoms with van der Waals surface area (Å²) >= 11 is 0. The van der Waals surface area contributed by atoms with E-state index in [4.69, 9.17) is 14.2 Å². The fourth-order valence-electron chi connectivity index (χ4n) is 8.51. The van der Waals surface area contributed by atoms with Gasteiger partial charge in [-0.1, -0.05) is 242 Å². The van der Waals surface area contributed by atoms with E-state index in [-0.39, 0.29) is 31.1 Å². The number of hydrogen-bond donors (Lipinski definition) is 0. The Hall–Kier alpha value is -2.89. The van der Waals surface area contributed by atoms with Gasteiger partial charge in [0, 0.05) is 19.3 Å². The molecular formula is C63H112O6. The molecule has 0 aromatic rings. The van der Waals surface area contributed by atoms with Crippen molar-refractivity contribution in [2.45, 2.75) is 309 Å². The Bertz CT molecular complexity index is 1250. The van der Waals surface area contributed by atoms with Gasteiger partial charge in [0.2, 0.25) is 0 Å². The number of carbonyl (C=O) groups is 3. The number of unbranched alkanes of at least 4 members (excludes halogenated alkanes) is 33. The Kier molecular flexibility index (Phi) is 55.3. The van der Waals surface area contributed by atoms with Crippen LogP contribution in [0.3, 0.4) is 0 Å². The van der Waals surface area contributed by atoms with Gasteiger partial charge in [-0.05, 0) is 103 Å². The van der Waals surface area contributed by atoms with Crippen molar-refractivity contribution in [2.24, 2.45) is 0 Å². The maximum Gasteiger partial charge on any atom is 0.306 e. The van der Waals surface area contributed by atoms with Gasteiger partial charge >= 0.3 is 17.9 Å². The highest BCUT2D eigenvalue weighted by Crippen LogP contribution is 2.16. The Balaban J connectivity index is 4.38. The van der Waals surface area contributed by atoms with E-state index >= 15 is 0 Å². The summed E-state index contributed by atoms with van der Waals surface area (Å²) < 4.78 is 16.9. The summed E-state index contributed by atoms with van der Waals surface area (Å²) in [5.74, 6) is -0.896. The van der Waals surface area contributed by atoms with Crippen molar-refractivity contribution in [3.63, 3.8) is 0 Å². The van der Waals surface area contributed by atoms with Gasteiger partial charge in [-0.2, -0.15) is 0 Å². The first-order valence-electron chi connectivity index (χ1n) is 29.8. The van der Waals surface area contributed by atoms with E-state index in [2.05, 4.69) is 81.5 Å². The van der Waals surface area contributed by atoms with Crippen LogP contribution in [0.15, 0.2) is 60.8 Å². The lowest BCUT2D eigenvalue weighted by Gasteiger charge is -2.18. The number of rotatable bonds is 54. The van der Waals surface area contributed by atoms with Crippen LogP contribution in [0.25, 0.3) is 0 Å². The third-order valence-corrected chi connectivity index (χ3v) is 13.0. The van der Waals surface area contributed by atoms with Gasteiger partial charge in [0.1, 0.15) is 13.2 Å². The third kappa shape index (κ3) is 55.9. The van der Waals surface area contributed by atoms with Crippen LogP contribution < -0.4 is 0 Å². The zero-order valence-corrected chi connectivity index (χ0v) is 45.8. The molecule has 0 spiro atoms. The molecule has 0 unspecified atom stereocenters. The predicted octanol–water partition coefficient (Wildman–Crippen LogP) is 20.0. The first-order valence-corrected chi connectivity index (χ1v) is 29.8. The molecule has 400 valence electrons. The second-order valence-electron chi connectivity index (χ2n) is 19.9. The summed E-state index contributed by atoms with van der Waals surface area (Å²) in [7, 11) is 0. The molecule has 0 aliphatic heterocycles. The zero-order valence-electron chi connectivity index (χ0n) is 45.8. The number of esters is 3. The molecule has 0 heterocycles. The first kappa shape index (κ1) is 66.1. The van der Waals surface area contributed by atoms with Crippen molar-refractivity contribution in [3.05, 3.63) is 60.8 Å². The van der Waals surface area contributed by atoms with Crippen LogP contribution >= 0.6 is 0 Å². The molecule has 0 fully saturated rings. The SMILES string of the molecule is CC/C=C\C/C=C\C/C=C\CCCCCCCC(=O)OC[C@H](COC(=O)CCCCCCCCC/C=C\CCCCCCCCCC)OC(=O)CCCCCCCCC/C=C\CCCCCCCC. The fourth-order valence-corrected chi connectivity index (χ4v) is 8.51. The molecule has 0 aromatic carbocycles. The minimum absolute atomic E-state index is 0.0826. The van der Waals surface area contributed by atoms with Crippen molar-refractivity contribution in [3.8, 4) is 0 Å². The molecule has 6 heteroatoms. The lowest BCUT2D eigenvalue weighted by atomic mass is 10.1. The average Bonchev–Trinajstić information content (AvgIpc) is 3.35. The minimum atomic E-state index is -0.786. The second kappa shape index (κ2) is 57.7. The maximum absolute atomic E-state index is 12.9. The molecule has 0 N–H and O–H groups in total. The van der Waals surface area contributed by atoms with Gasteiger partial charge in [-0.25, -0.2) is 0 Å². The molecule has 0 bridgehead atoms. The summed E-state index contributed by atoms with van der Waals surface area (Å²) in [4.78, 5) is 38.2. The normalized spacial score (nSPS) is 12.4. The molecule has 1 atom stereocenters. The van der Waals surface area contributed by atoms with Crippen LogP contribution in [0.5, 0.6) is 0 Å². The zero-order chi connectivity index (χ0) is 50.0. The van der Waals surface area contributed by atoms with E-state index in [1.807, 2.05) is 0 Å². The highest BCUT2D eigenvalue weighted by molar-refractivity contribution is 5.71. The Morgan fingerprint density at radius 2 is 0.565 bits per heavy atom. The van der Waals surface area contributed by atoms with Crippen molar-refractivity contribution in [2.75, 3.05) is 13.2 Å². The molecule has 0 aliphatic rings. The van der Waals surface area contributed by atoms with Gasteiger partial charge in [-0.15, -0.1) is 0 Å². The van der Waals surface area contributed by atoms with Crippen molar-refractivity contribution in [1.29, 1.82) is 0 Å². The monoisotopic (exact) mass is 965 g/mol. The van der Waals surface area contributed by atoms with E-state index in [0.717, 1.165) is 96.3 Å². The van der Waals surface area contributed by atoms with Gasteiger partial charge in [0.25, 0.3) is 0 Å². The predicted molar refractivity (Wildman–Crippen MR) is 298 cm³/mol. The van der Waals surface area contributed by atoms with Gasteiger partial charge < -0.3 is 14.2 Å². The first-order chi connectivity index (χ1) is 34.0. The van der Waals surface area contributed by atoms with Crippen LogP contribution in [0, 0.1) is 0 Å².